The first-order valence-electron chi connectivity index (χ1n) is 8.03. The Kier molecular flexibility index (Phi) is 6.18. The highest BCUT2D eigenvalue weighted by atomic mass is 19.4. The summed E-state index contributed by atoms with van der Waals surface area (Å²) < 4.78 is 62.7. The maximum absolute atomic E-state index is 13.2. The molecule has 2 rings (SSSR count). The summed E-state index contributed by atoms with van der Waals surface area (Å²) in [5.41, 5.74) is 0.675. The maximum Gasteiger partial charge on any atom is 0.389 e. The van der Waals surface area contributed by atoms with Crippen molar-refractivity contribution >= 4 is 5.91 Å². The van der Waals surface area contributed by atoms with Crippen molar-refractivity contribution in [3.8, 4) is 0 Å². The highest BCUT2D eigenvalue weighted by Crippen LogP contribution is 2.25. The number of piperidine rings is 1. The van der Waals surface area contributed by atoms with Gasteiger partial charge in [-0.05, 0) is 49.3 Å². The van der Waals surface area contributed by atoms with E-state index in [1.54, 1.807) is 0 Å². The summed E-state index contributed by atoms with van der Waals surface area (Å²) in [7, 11) is 0. The quantitative estimate of drug-likeness (QED) is 0.718. The highest BCUT2D eigenvalue weighted by Gasteiger charge is 2.30. The van der Waals surface area contributed by atoms with Gasteiger partial charge in [0.1, 0.15) is 0 Å². The average molecular weight is 349 g/mol. The van der Waals surface area contributed by atoms with Crippen molar-refractivity contribution in [3.05, 3.63) is 35.4 Å². The molecule has 1 heterocycles. The Morgan fingerprint density at radius 2 is 1.96 bits per heavy atom. The molecular weight excluding hydrogens is 329 g/mol. The third-order valence-corrected chi connectivity index (χ3v) is 4.32. The summed E-state index contributed by atoms with van der Waals surface area (Å²) in [6, 6.07) is 3.76. The van der Waals surface area contributed by atoms with Crippen LogP contribution in [-0.4, -0.2) is 30.1 Å². The summed E-state index contributed by atoms with van der Waals surface area (Å²) in [5.74, 6) is -2.08. The number of halogens is 5. The number of carbonyl (C=O) groups excluding carboxylic acids is 1. The summed E-state index contributed by atoms with van der Waals surface area (Å²) in [6.07, 6.45) is -3.06. The summed E-state index contributed by atoms with van der Waals surface area (Å²) in [5, 5.41) is 0. The van der Waals surface area contributed by atoms with Crippen molar-refractivity contribution in [1.82, 2.24) is 4.90 Å². The van der Waals surface area contributed by atoms with E-state index in [0.29, 0.717) is 31.5 Å². The molecule has 1 fully saturated rings. The number of nitrogens with zero attached hydrogens (tertiary/aromatic N) is 1. The van der Waals surface area contributed by atoms with Gasteiger partial charge >= 0.3 is 6.18 Å². The minimum absolute atomic E-state index is 0.168. The van der Waals surface area contributed by atoms with Crippen LogP contribution in [0.2, 0.25) is 0 Å². The first kappa shape index (κ1) is 18.7. The first-order chi connectivity index (χ1) is 11.2. The summed E-state index contributed by atoms with van der Waals surface area (Å²) >= 11 is 0. The monoisotopic (exact) mass is 349 g/mol. The molecule has 0 saturated carbocycles. The largest absolute Gasteiger partial charge is 0.389 e. The number of hydrogen-bond donors (Lipinski definition) is 0. The predicted molar refractivity (Wildman–Crippen MR) is 79.3 cm³/mol. The molecule has 1 amide bonds. The zero-order chi connectivity index (χ0) is 17.7. The van der Waals surface area contributed by atoms with E-state index in [1.165, 1.54) is 11.0 Å². The smallest absolute Gasteiger partial charge is 0.342 e. The van der Waals surface area contributed by atoms with E-state index >= 15 is 0 Å². The number of carbonyl (C=O) groups is 1. The van der Waals surface area contributed by atoms with Crippen LogP contribution in [0.3, 0.4) is 0 Å². The molecule has 24 heavy (non-hydrogen) atoms. The molecule has 2 nitrogen and oxygen atoms in total. The Bertz CT molecular complexity index is 573. The molecule has 0 spiro atoms. The van der Waals surface area contributed by atoms with Gasteiger partial charge in [-0.25, -0.2) is 8.78 Å². The van der Waals surface area contributed by atoms with Crippen LogP contribution in [-0.2, 0) is 11.2 Å². The number of benzene rings is 1. The maximum atomic E-state index is 13.2. The fraction of sp³-hybridized carbons (Fsp3) is 0.588. The lowest BCUT2D eigenvalue weighted by molar-refractivity contribution is -0.150. The lowest BCUT2D eigenvalue weighted by Gasteiger charge is -2.33. The number of rotatable bonds is 5. The van der Waals surface area contributed by atoms with E-state index < -0.39 is 36.6 Å². The van der Waals surface area contributed by atoms with Gasteiger partial charge in [0.05, 0.1) is 6.42 Å². The normalized spacial score (nSPS) is 18.7. The molecule has 0 N–H and O–H groups in total. The molecule has 1 aromatic rings. The second kappa shape index (κ2) is 7.94. The van der Waals surface area contributed by atoms with Gasteiger partial charge in [-0.2, -0.15) is 13.2 Å². The fourth-order valence-corrected chi connectivity index (χ4v) is 3.00. The topological polar surface area (TPSA) is 20.3 Å². The van der Waals surface area contributed by atoms with Crippen LogP contribution in [0.15, 0.2) is 18.2 Å². The highest BCUT2D eigenvalue weighted by molar-refractivity contribution is 5.76. The van der Waals surface area contributed by atoms with Crippen LogP contribution in [0.25, 0.3) is 0 Å². The van der Waals surface area contributed by atoms with Crippen LogP contribution < -0.4 is 0 Å². The predicted octanol–water partition coefficient (Wildman–Crippen LogP) is 4.48. The fourth-order valence-electron chi connectivity index (χ4n) is 3.00. The number of hydrogen-bond acceptors (Lipinski definition) is 1. The lowest BCUT2D eigenvalue weighted by Crippen LogP contribution is -2.40. The van der Waals surface area contributed by atoms with Crippen LogP contribution in [0.1, 0.15) is 37.7 Å². The van der Waals surface area contributed by atoms with Gasteiger partial charge < -0.3 is 4.90 Å². The Hall–Kier alpha value is -1.66. The van der Waals surface area contributed by atoms with Gasteiger partial charge in [0.2, 0.25) is 5.91 Å². The molecule has 0 radical (unpaired) electrons. The number of amides is 1. The van der Waals surface area contributed by atoms with Crippen molar-refractivity contribution < 1.29 is 26.7 Å². The molecule has 1 aliphatic rings. The van der Waals surface area contributed by atoms with E-state index in [2.05, 4.69) is 0 Å². The molecule has 0 bridgehead atoms. The van der Waals surface area contributed by atoms with Gasteiger partial charge in [-0.1, -0.05) is 6.07 Å². The van der Waals surface area contributed by atoms with Crippen molar-refractivity contribution in [2.75, 3.05) is 13.1 Å². The third kappa shape index (κ3) is 5.76. The molecular formula is C17H20F5NO. The molecule has 0 unspecified atom stereocenters. The molecule has 1 atom stereocenters. The minimum Gasteiger partial charge on any atom is -0.342 e. The van der Waals surface area contributed by atoms with Gasteiger partial charge in [-0.3, -0.25) is 4.79 Å². The molecule has 1 aliphatic heterocycles. The van der Waals surface area contributed by atoms with Crippen molar-refractivity contribution in [2.24, 2.45) is 5.92 Å². The summed E-state index contributed by atoms with van der Waals surface area (Å²) in [4.78, 5) is 13.4. The Morgan fingerprint density at radius 3 is 2.62 bits per heavy atom. The van der Waals surface area contributed by atoms with Crippen LogP contribution in [0.5, 0.6) is 0 Å². The van der Waals surface area contributed by atoms with Crippen LogP contribution in [0.4, 0.5) is 22.0 Å². The zero-order valence-electron chi connectivity index (χ0n) is 13.2. The van der Waals surface area contributed by atoms with Crippen molar-refractivity contribution in [1.29, 1.82) is 0 Å². The Morgan fingerprint density at radius 1 is 1.21 bits per heavy atom. The molecule has 0 aromatic heterocycles. The average Bonchev–Trinajstić information content (AvgIpc) is 2.53. The Labute approximate surface area is 137 Å². The molecule has 134 valence electrons. The van der Waals surface area contributed by atoms with Crippen LogP contribution >= 0.6 is 0 Å². The molecule has 7 heteroatoms. The van der Waals surface area contributed by atoms with E-state index in [4.69, 9.17) is 0 Å². The van der Waals surface area contributed by atoms with Gasteiger partial charge in [0.15, 0.2) is 11.6 Å². The first-order valence-corrected chi connectivity index (χ1v) is 8.03. The SMILES string of the molecule is O=C(CCC(F)(F)F)N1CCC[C@H](CCc2ccc(F)c(F)c2)C1. The van der Waals surface area contributed by atoms with E-state index in [0.717, 1.165) is 25.0 Å². The van der Waals surface area contributed by atoms with Gasteiger partial charge in [0, 0.05) is 19.5 Å². The molecule has 0 aliphatic carbocycles. The van der Waals surface area contributed by atoms with E-state index in [-0.39, 0.29) is 5.92 Å². The van der Waals surface area contributed by atoms with Gasteiger partial charge in [-0.15, -0.1) is 0 Å². The standard InChI is InChI=1S/C17H20F5NO/c18-14-6-5-12(10-15(14)19)3-4-13-2-1-9-23(11-13)16(24)7-8-17(20,21)22/h5-6,10,13H,1-4,7-9,11H2/t13-/m1/s1. The van der Waals surface area contributed by atoms with Crippen molar-refractivity contribution in [3.63, 3.8) is 0 Å². The minimum atomic E-state index is -4.32. The number of aryl methyl sites for hydroxylation is 1. The molecule has 1 saturated heterocycles. The van der Waals surface area contributed by atoms with E-state index in [1.807, 2.05) is 0 Å². The van der Waals surface area contributed by atoms with Crippen molar-refractivity contribution in [2.45, 2.75) is 44.7 Å². The second-order valence-electron chi connectivity index (χ2n) is 6.25. The summed E-state index contributed by atoms with van der Waals surface area (Å²) in [6.45, 7) is 0.915. The van der Waals surface area contributed by atoms with Gasteiger partial charge in [0.25, 0.3) is 0 Å². The zero-order valence-corrected chi connectivity index (χ0v) is 13.2. The second-order valence-corrected chi connectivity index (χ2v) is 6.25. The molecule has 1 aromatic carbocycles. The van der Waals surface area contributed by atoms with E-state index in [9.17, 15) is 26.7 Å². The number of likely N-dealkylation sites (tertiary alicyclic amines) is 1. The Balaban J connectivity index is 1.82. The van der Waals surface area contributed by atoms with Crippen LogP contribution in [0, 0.1) is 17.6 Å². The lowest BCUT2D eigenvalue weighted by atomic mass is 9.91. The third-order valence-electron chi connectivity index (χ3n) is 4.32. The number of alkyl halides is 3.